The lowest BCUT2D eigenvalue weighted by Crippen LogP contribution is -2.36. The number of hydrogen-bond donors (Lipinski definition) is 2. The third kappa shape index (κ3) is 14.4. The molecule has 0 fully saturated rings. The lowest BCUT2D eigenvalue weighted by Gasteiger charge is -2.25. The monoisotopic (exact) mass is 630 g/mol. The molecule has 2 amide bonds. The van der Waals surface area contributed by atoms with Crippen molar-refractivity contribution in [1.29, 1.82) is 0 Å². The number of carbonyl (C=O) groups excluding carboxylic acids is 2. The van der Waals surface area contributed by atoms with Crippen LogP contribution in [0.15, 0.2) is 48.5 Å². The van der Waals surface area contributed by atoms with E-state index in [2.05, 4.69) is 0 Å². The number of benzene rings is 2. The Bertz CT molecular complexity index is 1110. The summed E-state index contributed by atoms with van der Waals surface area (Å²) in [5.41, 5.74) is 1.67. The number of aliphatic carboxylic acids is 2. The largest absolute Gasteiger partial charge is 0.491 e. The lowest BCUT2D eigenvalue weighted by atomic mass is 10.2. The summed E-state index contributed by atoms with van der Waals surface area (Å²) in [5.74, 6) is -1.44. The molecule has 6 rings (SSSR count). The average molecular weight is 631 g/mol. The molecule has 4 aliphatic rings. The zero-order valence-corrected chi connectivity index (χ0v) is 25.4. The van der Waals surface area contributed by atoms with Crippen molar-refractivity contribution in [3.8, 4) is 11.5 Å². The van der Waals surface area contributed by atoms with Crippen LogP contribution in [0.5, 0.6) is 11.5 Å². The highest BCUT2D eigenvalue weighted by Crippen LogP contribution is 2.16. The number of carbonyl (C=O) groups is 4. The summed E-state index contributed by atoms with van der Waals surface area (Å²) in [4.78, 5) is 50.9. The van der Waals surface area contributed by atoms with Crippen LogP contribution in [0.1, 0.15) is 36.8 Å². The van der Waals surface area contributed by atoms with Crippen LogP contribution in [0, 0.1) is 0 Å². The van der Waals surface area contributed by atoms with Gasteiger partial charge in [0.1, 0.15) is 24.7 Å². The van der Waals surface area contributed by atoms with Gasteiger partial charge in [0.25, 0.3) is 0 Å². The highest BCUT2D eigenvalue weighted by molar-refractivity contribution is 5.81. The van der Waals surface area contributed by atoms with Crippen LogP contribution in [0.4, 0.5) is 0 Å². The fourth-order valence-corrected chi connectivity index (χ4v) is 4.36. The van der Waals surface area contributed by atoms with Gasteiger partial charge in [-0.3, -0.25) is 19.2 Å². The van der Waals surface area contributed by atoms with Gasteiger partial charge in [-0.2, -0.15) is 0 Å². The molecule has 13 nitrogen and oxygen atoms in total. The van der Waals surface area contributed by atoms with E-state index in [4.69, 9.17) is 33.9 Å². The third-order valence-electron chi connectivity index (χ3n) is 6.78. The molecule has 13 heteroatoms. The fourth-order valence-electron chi connectivity index (χ4n) is 4.36. The zero-order valence-electron chi connectivity index (χ0n) is 25.4. The first-order valence-electron chi connectivity index (χ1n) is 15.0. The van der Waals surface area contributed by atoms with Crippen LogP contribution in [-0.4, -0.2) is 110 Å². The number of rotatable bonds is 6. The molecule has 0 spiro atoms. The Morgan fingerprint density at radius 3 is 1.24 bits per heavy atom. The van der Waals surface area contributed by atoms with E-state index in [0.29, 0.717) is 51.1 Å². The molecule has 45 heavy (non-hydrogen) atoms. The molecule has 2 N–H and O–H groups in total. The van der Waals surface area contributed by atoms with E-state index in [0.717, 1.165) is 11.1 Å². The number of carboxylic acid groups (broad SMARTS) is 2. The summed E-state index contributed by atoms with van der Waals surface area (Å²) < 4.78 is 28.3. The highest BCUT2D eigenvalue weighted by Gasteiger charge is 2.18. The van der Waals surface area contributed by atoms with Gasteiger partial charge in [0.15, 0.2) is 0 Å². The first kappa shape index (κ1) is 35.3. The van der Waals surface area contributed by atoms with Crippen LogP contribution in [0.25, 0.3) is 0 Å². The molecule has 0 aliphatic carbocycles. The number of hydrogen-bond acceptors (Lipinski definition) is 9. The molecule has 0 unspecified atom stereocenters. The van der Waals surface area contributed by atoms with E-state index < -0.39 is 11.9 Å². The Kier molecular flexibility index (Phi) is 15.6. The Labute approximate surface area is 262 Å². The Morgan fingerprint density at radius 1 is 0.511 bits per heavy atom. The van der Waals surface area contributed by atoms with Gasteiger partial charge in [0, 0.05) is 39.0 Å². The minimum Gasteiger partial charge on any atom is -0.491 e. The van der Waals surface area contributed by atoms with Gasteiger partial charge in [-0.25, -0.2) is 0 Å². The molecule has 0 aromatic heterocycles. The van der Waals surface area contributed by atoms with E-state index in [1.165, 1.54) is 0 Å². The quantitative estimate of drug-likeness (QED) is 0.483. The van der Waals surface area contributed by atoms with Gasteiger partial charge in [-0.15, -0.1) is 0 Å². The second-order valence-corrected chi connectivity index (χ2v) is 10.2. The molecular formula is C32H42N2O11. The SMILES string of the molecule is O=C(O)CCC(=O)N1CCOCCN(C(=O)CCC(=O)O)Cc2ccc(cc2)OCCOCCOCCOc2ccc(cc2)C1. The molecule has 0 saturated carbocycles. The Morgan fingerprint density at radius 2 is 0.867 bits per heavy atom. The van der Waals surface area contributed by atoms with Gasteiger partial charge in [-0.1, -0.05) is 24.3 Å². The summed E-state index contributed by atoms with van der Waals surface area (Å²) in [6, 6.07) is 14.5. The van der Waals surface area contributed by atoms with E-state index in [1.807, 2.05) is 24.3 Å². The van der Waals surface area contributed by atoms with Crippen molar-refractivity contribution in [1.82, 2.24) is 9.80 Å². The van der Waals surface area contributed by atoms with Crippen molar-refractivity contribution in [2.45, 2.75) is 38.8 Å². The third-order valence-corrected chi connectivity index (χ3v) is 6.78. The van der Waals surface area contributed by atoms with Gasteiger partial charge in [-0.05, 0) is 35.4 Å². The van der Waals surface area contributed by atoms with Crippen molar-refractivity contribution in [3.05, 3.63) is 59.7 Å². The van der Waals surface area contributed by atoms with Gasteiger partial charge in [0.05, 0.1) is 52.5 Å². The van der Waals surface area contributed by atoms with Gasteiger partial charge >= 0.3 is 11.9 Å². The molecule has 2 aromatic carbocycles. The minimum atomic E-state index is -1.06. The molecule has 0 radical (unpaired) electrons. The molecule has 2 aromatic rings. The zero-order chi connectivity index (χ0) is 32.3. The Hall–Kier alpha value is -4.20. The molecule has 246 valence electrons. The second kappa shape index (κ2) is 20.0. The maximum absolute atomic E-state index is 12.9. The van der Waals surface area contributed by atoms with Crippen molar-refractivity contribution >= 4 is 23.8 Å². The predicted octanol–water partition coefficient (Wildman–Crippen LogP) is 2.59. The van der Waals surface area contributed by atoms with Crippen LogP contribution in [-0.2, 0) is 46.5 Å². The number of ether oxygens (including phenoxy) is 5. The summed E-state index contributed by atoms with van der Waals surface area (Å²) in [6.45, 7) is 3.58. The molecular weight excluding hydrogens is 588 g/mol. The summed E-state index contributed by atoms with van der Waals surface area (Å²) in [5, 5.41) is 18.1. The van der Waals surface area contributed by atoms with Crippen LogP contribution in [0.3, 0.4) is 0 Å². The Balaban J connectivity index is 1.67. The summed E-state index contributed by atoms with van der Waals surface area (Å²) >= 11 is 0. The number of carboxylic acids is 2. The normalized spacial score (nSPS) is 16.3. The molecule has 0 atom stereocenters. The fraction of sp³-hybridized carbons (Fsp3) is 0.500. The maximum Gasteiger partial charge on any atom is 0.303 e. The number of amides is 2. The molecule has 4 aliphatic heterocycles. The molecule has 4 bridgehead atoms. The highest BCUT2D eigenvalue weighted by atomic mass is 16.6. The topological polar surface area (TPSA) is 161 Å². The van der Waals surface area contributed by atoms with E-state index in [9.17, 15) is 19.2 Å². The molecule has 0 saturated heterocycles. The van der Waals surface area contributed by atoms with Crippen molar-refractivity contribution in [2.24, 2.45) is 0 Å². The van der Waals surface area contributed by atoms with E-state index >= 15 is 0 Å². The van der Waals surface area contributed by atoms with Crippen molar-refractivity contribution in [2.75, 3.05) is 65.9 Å². The van der Waals surface area contributed by atoms with E-state index in [-0.39, 0.29) is 76.9 Å². The predicted molar refractivity (Wildman–Crippen MR) is 161 cm³/mol. The lowest BCUT2D eigenvalue weighted by molar-refractivity contribution is -0.141. The van der Waals surface area contributed by atoms with Crippen LogP contribution < -0.4 is 9.47 Å². The van der Waals surface area contributed by atoms with Crippen molar-refractivity contribution in [3.63, 3.8) is 0 Å². The average Bonchev–Trinajstić information content (AvgIpc) is 3.03. The summed E-state index contributed by atoms with van der Waals surface area (Å²) in [6.07, 6.45) is -0.843. The minimum absolute atomic E-state index is 0.142. The molecule has 4 heterocycles. The number of nitrogens with zero attached hydrogens (tertiary/aromatic N) is 2. The summed E-state index contributed by atoms with van der Waals surface area (Å²) in [7, 11) is 0. The van der Waals surface area contributed by atoms with Crippen molar-refractivity contribution < 1.29 is 53.1 Å². The smallest absolute Gasteiger partial charge is 0.303 e. The van der Waals surface area contributed by atoms with Crippen LogP contribution in [0.2, 0.25) is 0 Å². The maximum atomic E-state index is 12.9. The van der Waals surface area contributed by atoms with E-state index in [1.54, 1.807) is 34.1 Å². The van der Waals surface area contributed by atoms with Gasteiger partial charge in [0.2, 0.25) is 11.8 Å². The first-order chi connectivity index (χ1) is 21.8. The second-order valence-electron chi connectivity index (χ2n) is 10.2. The van der Waals surface area contributed by atoms with Gasteiger partial charge < -0.3 is 43.7 Å². The van der Waals surface area contributed by atoms with Crippen LogP contribution >= 0.6 is 0 Å². The standard InChI is InChI=1S/C32H42N2O11/c35-29(9-11-31(37)38)33-13-15-41-16-14-34(30(36)10-12-32(39)40)24-26-3-7-28(8-4-26)45-22-20-43-18-17-42-19-21-44-27-5-1-25(23-33)2-6-27/h1-8H,9-24H2,(H,37,38)(H,39,40). The first-order valence-corrected chi connectivity index (χ1v) is 15.0.